The molecule has 2 aromatic rings. The van der Waals surface area contributed by atoms with Crippen LogP contribution in [-0.4, -0.2) is 24.0 Å². The number of rotatable bonds is 5. The molecule has 112 valence electrons. The summed E-state index contributed by atoms with van der Waals surface area (Å²) in [5.41, 5.74) is 1.41. The smallest absolute Gasteiger partial charge is 0.0701 e. The maximum Gasteiger partial charge on any atom is 0.0701 e. The van der Waals surface area contributed by atoms with Crippen molar-refractivity contribution in [2.24, 2.45) is 0 Å². The number of hydrogen-bond donors (Lipinski definition) is 1. The Morgan fingerprint density at radius 1 is 1.29 bits per heavy atom. The number of nitrogens with zero attached hydrogens (tertiary/aromatic N) is 1. The van der Waals surface area contributed by atoms with Crippen molar-refractivity contribution in [3.8, 4) is 0 Å². The maximum atomic E-state index is 3.77. The van der Waals surface area contributed by atoms with Crippen molar-refractivity contribution >= 4 is 27.3 Å². The molecule has 1 aliphatic heterocycles. The van der Waals surface area contributed by atoms with Crippen LogP contribution in [0.5, 0.6) is 0 Å². The number of thiophene rings is 1. The zero-order valence-corrected chi connectivity index (χ0v) is 14.7. The first-order valence-corrected chi connectivity index (χ1v) is 9.09. The molecule has 1 saturated heterocycles. The highest BCUT2D eigenvalue weighted by Gasteiger charge is 2.24. The van der Waals surface area contributed by atoms with Crippen molar-refractivity contribution in [1.29, 1.82) is 0 Å². The van der Waals surface area contributed by atoms with Crippen molar-refractivity contribution < 1.29 is 0 Å². The van der Waals surface area contributed by atoms with E-state index in [9.17, 15) is 0 Å². The van der Waals surface area contributed by atoms with E-state index in [2.05, 4.69) is 75.5 Å². The van der Waals surface area contributed by atoms with Gasteiger partial charge in [0.2, 0.25) is 0 Å². The van der Waals surface area contributed by atoms with Crippen LogP contribution >= 0.6 is 27.3 Å². The van der Waals surface area contributed by atoms with Crippen LogP contribution in [-0.2, 0) is 6.54 Å². The number of nitrogens with one attached hydrogen (secondary N) is 1. The van der Waals surface area contributed by atoms with Crippen molar-refractivity contribution in [2.45, 2.75) is 32.0 Å². The summed E-state index contributed by atoms with van der Waals surface area (Å²) in [6.45, 7) is 5.66. The summed E-state index contributed by atoms with van der Waals surface area (Å²) in [6, 6.07) is 16.1. The first-order valence-electron chi connectivity index (χ1n) is 7.48. The molecule has 0 bridgehead atoms. The molecule has 1 aliphatic rings. The summed E-state index contributed by atoms with van der Waals surface area (Å²) in [5.74, 6) is 0. The molecular formula is C17H21BrN2S. The normalized spacial score (nSPS) is 20.8. The van der Waals surface area contributed by atoms with Gasteiger partial charge in [0.05, 0.1) is 3.79 Å². The molecule has 21 heavy (non-hydrogen) atoms. The second kappa shape index (κ2) is 7.05. The molecule has 0 saturated carbocycles. The lowest BCUT2D eigenvalue weighted by Crippen LogP contribution is -2.33. The molecule has 2 atom stereocenters. The number of benzene rings is 1. The molecule has 0 aliphatic carbocycles. The molecule has 2 unspecified atom stereocenters. The van der Waals surface area contributed by atoms with Gasteiger partial charge in [-0.05, 0) is 47.0 Å². The number of halogens is 1. The fourth-order valence-corrected chi connectivity index (χ4v) is 4.39. The molecule has 1 fully saturated rings. The quantitative estimate of drug-likeness (QED) is 0.843. The molecule has 2 heterocycles. The van der Waals surface area contributed by atoms with Gasteiger partial charge in [-0.15, -0.1) is 11.3 Å². The van der Waals surface area contributed by atoms with Gasteiger partial charge in [-0.2, -0.15) is 0 Å². The third kappa shape index (κ3) is 4.16. The standard InChI is InChI=1S/C17H21BrN2S/c1-13(16-7-8-17(18)21-16)19-15-9-10-20(12-15)11-14-5-3-2-4-6-14/h2-8,13,15,19H,9-12H2,1H3. The summed E-state index contributed by atoms with van der Waals surface area (Å²) in [5, 5.41) is 3.77. The second-order valence-corrected chi connectivity index (χ2v) is 8.23. The molecule has 1 N–H and O–H groups in total. The van der Waals surface area contributed by atoms with Gasteiger partial charge >= 0.3 is 0 Å². The molecular weight excluding hydrogens is 344 g/mol. The zero-order chi connectivity index (χ0) is 14.7. The third-order valence-electron chi connectivity index (χ3n) is 4.03. The van der Waals surface area contributed by atoms with Gasteiger partial charge in [0.1, 0.15) is 0 Å². The van der Waals surface area contributed by atoms with E-state index in [0.717, 1.165) is 13.1 Å². The Morgan fingerprint density at radius 3 is 2.81 bits per heavy atom. The van der Waals surface area contributed by atoms with Crippen LogP contribution in [0.15, 0.2) is 46.3 Å². The monoisotopic (exact) mass is 364 g/mol. The van der Waals surface area contributed by atoms with Crippen LogP contribution in [0, 0.1) is 0 Å². The van der Waals surface area contributed by atoms with Gasteiger partial charge in [-0.1, -0.05) is 30.3 Å². The van der Waals surface area contributed by atoms with Crippen molar-refractivity contribution in [3.63, 3.8) is 0 Å². The van der Waals surface area contributed by atoms with Crippen LogP contribution in [0.3, 0.4) is 0 Å². The SMILES string of the molecule is CC(NC1CCN(Cc2ccccc2)C1)c1ccc(Br)s1. The fraction of sp³-hybridized carbons (Fsp3) is 0.412. The molecule has 3 rings (SSSR count). The Labute approximate surface area is 139 Å². The highest BCUT2D eigenvalue weighted by Crippen LogP contribution is 2.28. The van der Waals surface area contributed by atoms with Crippen molar-refractivity contribution in [2.75, 3.05) is 13.1 Å². The van der Waals surface area contributed by atoms with E-state index in [0.29, 0.717) is 12.1 Å². The largest absolute Gasteiger partial charge is 0.305 e. The maximum absolute atomic E-state index is 3.77. The summed E-state index contributed by atoms with van der Waals surface area (Å²) in [4.78, 5) is 3.95. The van der Waals surface area contributed by atoms with Crippen LogP contribution in [0.2, 0.25) is 0 Å². The minimum Gasteiger partial charge on any atom is -0.305 e. The first kappa shape index (κ1) is 15.2. The van der Waals surface area contributed by atoms with E-state index >= 15 is 0 Å². The zero-order valence-electron chi connectivity index (χ0n) is 12.3. The van der Waals surface area contributed by atoms with Gasteiger partial charge < -0.3 is 5.32 Å². The van der Waals surface area contributed by atoms with Gasteiger partial charge in [0.15, 0.2) is 0 Å². The molecule has 0 amide bonds. The predicted octanol–water partition coefficient (Wildman–Crippen LogP) is 4.44. The molecule has 2 nitrogen and oxygen atoms in total. The Kier molecular flexibility index (Phi) is 5.11. The summed E-state index contributed by atoms with van der Waals surface area (Å²) in [6.07, 6.45) is 1.24. The predicted molar refractivity (Wildman–Crippen MR) is 93.7 cm³/mol. The minimum absolute atomic E-state index is 0.433. The number of likely N-dealkylation sites (tertiary alicyclic amines) is 1. The Balaban J connectivity index is 1.50. The lowest BCUT2D eigenvalue weighted by atomic mass is 10.2. The highest BCUT2D eigenvalue weighted by atomic mass is 79.9. The molecule has 4 heteroatoms. The summed E-state index contributed by atoms with van der Waals surface area (Å²) >= 11 is 5.37. The average Bonchev–Trinajstić information content (AvgIpc) is 3.09. The Morgan fingerprint density at radius 2 is 2.10 bits per heavy atom. The van der Waals surface area contributed by atoms with E-state index in [1.165, 1.54) is 27.2 Å². The molecule has 1 aromatic carbocycles. The molecule has 0 spiro atoms. The molecule has 1 aromatic heterocycles. The van der Waals surface area contributed by atoms with Gasteiger partial charge in [-0.3, -0.25) is 4.90 Å². The highest BCUT2D eigenvalue weighted by molar-refractivity contribution is 9.11. The van der Waals surface area contributed by atoms with Crippen LogP contribution in [0.25, 0.3) is 0 Å². The van der Waals surface area contributed by atoms with E-state index in [4.69, 9.17) is 0 Å². The fourth-order valence-electron chi connectivity index (χ4n) is 2.95. The van der Waals surface area contributed by atoms with Gasteiger partial charge in [-0.25, -0.2) is 0 Å². The lowest BCUT2D eigenvalue weighted by molar-refractivity contribution is 0.316. The number of hydrogen-bond acceptors (Lipinski definition) is 3. The minimum atomic E-state index is 0.433. The van der Waals surface area contributed by atoms with Gasteiger partial charge in [0, 0.05) is 36.6 Å². The third-order valence-corrected chi connectivity index (χ3v) is 5.83. The first-order chi connectivity index (χ1) is 10.2. The Bertz CT molecular complexity index is 569. The van der Waals surface area contributed by atoms with Crippen molar-refractivity contribution in [3.05, 3.63) is 56.7 Å². The topological polar surface area (TPSA) is 15.3 Å². The Hall–Kier alpha value is -0.680. The van der Waals surface area contributed by atoms with E-state index in [1.807, 2.05) is 11.3 Å². The molecule has 0 radical (unpaired) electrons. The second-order valence-electron chi connectivity index (χ2n) is 5.74. The van der Waals surface area contributed by atoms with E-state index in [1.54, 1.807) is 0 Å². The van der Waals surface area contributed by atoms with Crippen LogP contribution in [0.4, 0.5) is 0 Å². The lowest BCUT2D eigenvalue weighted by Gasteiger charge is -2.20. The summed E-state index contributed by atoms with van der Waals surface area (Å²) < 4.78 is 1.21. The van der Waals surface area contributed by atoms with E-state index in [-0.39, 0.29) is 0 Å². The van der Waals surface area contributed by atoms with E-state index < -0.39 is 0 Å². The summed E-state index contributed by atoms with van der Waals surface area (Å²) in [7, 11) is 0. The van der Waals surface area contributed by atoms with Crippen LogP contribution < -0.4 is 5.32 Å². The van der Waals surface area contributed by atoms with Crippen LogP contribution in [0.1, 0.15) is 29.8 Å². The van der Waals surface area contributed by atoms with Crippen molar-refractivity contribution in [1.82, 2.24) is 10.2 Å². The average molecular weight is 365 g/mol. The van der Waals surface area contributed by atoms with Gasteiger partial charge in [0.25, 0.3) is 0 Å².